The first-order chi connectivity index (χ1) is 6.77. The molecule has 1 amide bonds. The van der Waals surface area contributed by atoms with E-state index >= 15 is 0 Å². The molecule has 0 bridgehead atoms. The monoisotopic (exact) mass is 254 g/mol. The maximum Gasteiger partial charge on any atom is 0.241 e. The second-order valence-electron chi connectivity index (χ2n) is 3.22. The Kier molecular flexibility index (Phi) is 2.84. The van der Waals surface area contributed by atoms with Crippen molar-refractivity contribution >= 4 is 27.5 Å². The molecule has 1 aliphatic rings. The van der Waals surface area contributed by atoms with E-state index in [1.807, 2.05) is 24.3 Å². The van der Waals surface area contributed by atoms with Gasteiger partial charge in [0.15, 0.2) is 0 Å². The van der Waals surface area contributed by atoms with Crippen LogP contribution in [0.4, 0.5) is 5.69 Å². The van der Waals surface area contributed by atoms with Crippen molar-refractivity contribution < 1.29 is 4.79 Å². The van der Waals surface area contributed by atoms with E-state index in [2.05, 4.69) is 21.4 Å². The minimum atomic E-state index is 0.134. The van der Waals surface area contributed by atoms with Crippen LogP contribution in [0.3, 0.4) is 0 Å². The number of carbonyl (C=O) groups excluding carboxylic acids is 1. The van der Waals surface area contributed by atoms with Crippen LogP contribution < -0.4 is 10.4 Å². The lowest BCUT2D eigenvalue weighted by molar-refractivity contribution is -0.120. The zero-order valence-electron chi connectivity index (χ0n) is 7.66. The van der Waals surface area contributed by atoms with E-state index in [1.54, 1.807) is 5.01 Å². The number of benzene rings is 1. The Bertz CT molecular complexity index is 354. The quantitative estimate of drug-likeness (QED) is 0.833. The number of halogens is 1. The SMILES string of the molecule is O=C1CCCNN1c1cccc(Br)c1. The number of rotatable bonds is 1. The van der Waals surface area contributed by atoms with Crippen LogP contribution in [-0.4, -0.2) is 12.5 Å². The molecule has 4 heteroatoms. The third-order valence-electron chi connectivity index (χ3n) is 2.15. The second kappa shape index (κ2) is 4.11. The smallest absolute Gasteiger partial charge is 0.241 e. The summed E-state index contributed by atoms with van der Waals surface area (Å²) in [5.41, 5.74) is 3.97. The average Bonchev–Trinajstić information content (AvgIpc) is 2.18. The van der Waals surface area contributed by atoms with Gasteiger partial charge in [0.2, 0.25) is 5.91 Å². The van der Waals surface area contributed by atoms with Crippen LogP contribution in [0.2, 0.25) is 0 Å². The van der Waals surface area contributed by atoms with Gasteiger partial charge in [0.25, 0.3) is 0 Å². The molecule has 74 valence electrons. The molecule has 2 rings (SSSR count). The number of hydrogen-bond acceptors (Lipinski definition) is 2. The Labute approximate surface area is 91.2 Å². The lowest BCUT2D eigenvalue weighted by Gasteiger charge is -2.27. The Morgan fingerprint density at radius 3 is 3.00 bits per heavy atom. The van der Waals surface area contributed by atoms with Gasteiger partial charge in [0.1, 0.15) is 0 Å². The van der Waals surface area contributed by atoms with Crippen LogP contribution in [-0.2, 0) is 4.79 Å². The zero-order chi connectivity index (χ0) is 9.97. The number of hydrazine groups is 1. The minimum absolute atomic E-state index is 0.134. The van der Waals surface area contributed by atoms with Crippen molar-refractivity contribution in [1.29, 1.82) is 0 Å². The van der Waals surface area contributed by atoms with E-state index in [1.165, 1.54) is 0 Å². The normalized spacial score (nSPS) is 17.2. The van der Waals surface area contributed by atoms with Crippen molar-refractivity contribution in [2.75, 3.05) is 11.6 Å². The number of nitrogens with zero attached hydrogens (tertiary/aromatic N) is 1. The molecular formula is C10H11BrN2O. The van der Waals surface area contributed by atoms with Gasteiger partial charge in [-0.05, 0) is 24.6 Å². The predicted molar refractivity (Wildman–Crippen MR) is 58.9 cm³/mol. The molecule has 0 unspecified atom stereocenters. The molecule has 0 spiro atoms. The Hall–Kier alpha value is -0.870. The minimum Gasteiger partial charge on any atom is -0.273 e. The lowest BCUT2D eigenvalue weighted by atomic mass is 10.2. The zero-order valence-corrected chi connectivity index (χ0v) is 9.25. The predicted octanol–water partition coefficient (Wildman–Crippen LogP) is 2.08. The molecule has 1 aromatic carbocycles. The molecule has 14 heavy (non-hydrogen) atoms. The highest BCUT2D eigenvalue weighted by Gasteiger charge is 2.18. The molecule has 1 aromatic rings. The largest absolute Gasteiger partial charge is 0.273 e. The van der Waals surface area contributed by atoms with Crippen LogP contribution in [0, 0.1) is 0 Å². The van der Waals surface area contributed by atoms with Gasteiger partial charge >= 0.3 is 0 Å². The van der Waals surface area contributed by atoms with Gasteiger partial charge in [0, 0.05) is 17.4 Å². The van der Waals surface area contributed by atoms with Crippen LogP contribution in [0.15, 0.2) is 28.7 Å². The first-order valence-corrected chi connectivity index (χ1v) is 5.39. The van der Waals surface area contributed by atoms with Crippen molar-refractivity contribution in [3.05, 3.63) is 28.7 Å². The van der Waals surface area contributed by atoms with E-state index in [0.717, 1.165) is 23.1 Å². The lowest BCUT2D eigenvalue weighted by Crippen LogP contribution is -2.47. The first kappa shape index (κ1) is 9.68. The van der Waals surface area contributed by atoms with E-state index in [0.29, 0.717) is 6.42 Å². The maximum absolute atomic E-state index is 11.6. The third-order valence-corrected chi connectivity index (χ3v) is 2.65. The van der Waals surface area contributed by atoms with Gasteiger partial charge in [-0.3, -0.25) is 4.79 Å². The summed E-state index contributed by atoms with van der Waals surface area (Å²) in [4.78, 5) is 11.6. The van der Waals surface area contributed by atoms with E-state index in [-0.39, 0.29) is 5.91 Å². The highest BCUT2D eigenvalue weighted by atomic mass is 79.9. The number of anilines is 1. The molecule has 0 saturated carbocycles. The van der Waals surface area contributed by atoms with Crippen molar-refractivity contribution in [2.45, 2.75) is 12.8 Å². The highest BCUT2D eigenvalue weighted by molar-refractivity contribution is 9.10. The Balaban J connectivity index is 2.24. The van der Waals surface area contributed by atoms with Crippen LogP contribution in [0.1, 0.15) is 12.8 Å². The topological polar surface area (TPSA) is 32.3 Å². The fourth-order valence-corrected chi connectivity index (χ4v) is 1.87. The number of hydrogen-bond donors (Lipinski definition) is 1. The summed E-state index contributed by atoms with van der Waals surface area (Å²) in [7, 11) is 0. The molecule has 3 nitrogen and oxygen atoms in total. The molecule has 1 aliphatic heterocycles. The molecule has 1 heterocycles. The fraction of sp³-hybridized carbons (Fsp3) is 0.300. The van der Waals surface area contributed by atoms with Crippen molar-refractivity contribution in [1.82, 2.24) is 5.43 Å². The highest BCUT2D eigenvalue weighted by Crippen LogP contribution is 2.20. The van der Waals surface area contributed by atoms with Gasteiger partial charge in [0.05, 0.1) is 5.69 Å². The summed E-state index contributed by atoms with van der Waals surface area (Å²) in [6.07, 6.45) is 1.54. The van der Waals surface area contributed by atoms with E-state index < -0.39 is 0 Å². The molecule has 1 N–H and O–H groups in total. The summed E-state index contributed by atoms with van der Waals surface area (Å²) in [5, 5.41) is 1.62. The average molecular weight is 255 g/mol. The third kappa shape index (κ3) is 1.96. The first-order valence-electron chi connectivity index (χ1n) is 4.59. The number of amides is 1. The van der Waals surface area contributed by atoms with Crippen molar-refractivity contribution in [2.24, 2.45) is 0 Å². The number of nitrogens with one attached hydrogen (secondary N) is 1. The van der Waals surface area contributed by atoms with Gasteiger partial charge in [-0.25, -0.2) is 10.4 Å². The summed E-state index contributed by atoms with van der Waals surface area (Å²) in [5.74, 6) is 0.134. The molecule has 1 saturated heterocycles. The molecule has 0 atom stereocenters. The Morgan fingerprint density at radius 2 is 2.29 bits per heavy atom. The maximum atomic E-state index is 11.6. The van der Waals surface area contributed by atoms with E-state index in [9.17, 15) is 4.79 Å². The van der Waals surface area contributed by atoms with Crippen molar-refractivity contribution in [3.8, 4) is 0 Å². The Morgan fingerprint density at radius 1 is 1.43 bits per heavy atom. The van der Waals surface area contributed by atoms with Gasteiger partial charge in [-0.2, -0.15) is 0 Å². The van der Waals surface area contributed by atoms with Gasteiger partial charge in [-0.1, -0.05) is 22.0 Å². The fourth-order valence-electron chi connectivity index (χ4n) is 1.48. The number of carbonyl (C=O) groups is 1. The molecule has 0 radical (unpaired) electrons. The molecule has 1 fully saturated rings. The standard InChI is InChI=1S/C10H11BrN2O/c11-8-3-1-4-9(7-8)13-10(14)5-2-6-12-13/h1,3-4,7,12H,2,5-6H2. The molecule has 0 aromatic heterocycles. The van der Waals surface area contributed by atoms with E-state index in [4.69, 9.17) is 0 Å². The van der Waals surface area contributed by atoms with Crippen LogP contribution in [0.25, 0.3) is 0 Å². The van der Waals surface area contributed by atoms with Crippen molar-refractivity contribution in [3.63, 3.8) is 0 Å². The molecule has 0 aliphatic carbocycles. The van der Waals surface area contributed by atoms with Crippen LogP contribution in [0.5, 0.6) is 0 Å². The molecular weight excluding hydrogens is 244 g/mol. The summed E-state index contributed by atoms with van der Waals surface area (Å²) in [6, 6.07) is 7.71. The second-order valence-corrected chi connectivity index (χ2v) is 4.14. The summed E-state index contributed by atoms with van der Waals surface area (Å²) < 4.78 is 0.982. The van der Waals surface area contributed by atoms with Gasteiger partial charge < -0.3 is 0 Å². The van der Waals surface area contributed by atoms with Gasteiger partial charge in [-0.15, -0.1) is 0 Å². The summed E-state index contributed by atoms with van der Waals surface area (Å²) in [6.45, 7) is 0.859. The van der Waals surface area contributed by atoms with Crippen LogP contribution >= 0.6 is 15.9 Å². The summed E-state index contributed by atoms with van der Waals surface area (Å²) >= 11 is 3.38.